The van der Waals surface area contributed by atoms with Crippen molar-refractivity contribution < 1.29 is 0 Å². The van der Waals surface area contributed by atoms with E-state index in [1.54, 1.807) is 0 Å². The maximum atomic E-state index is 4.76. The molecule has 0 fully saturated rings. The fourth-order valence-electron chi connectivity index (χ4n) is 6.37. The first-order valence-corrected chi connectivity index (χ1v) is 15.7. The highest BCUT2D eigenvalue weighted by Gasteiger charge is 2.21. The molecule has 3 heteroatoms. The van der Waals surface area contributed by atoms with Gasteiger partial charge in [0.25, 0.3) is 0 Å². The second-order valence-electron chi connectivity index (χ2n) is 11.8. The van der Waals surface area contributed by atoms with Gasteiger partial charge in [-0.05, 0) is 115 Å². The largest absolute Gasteiger partial charge is 0.310 e. The predicted octanol–water partition coefficient (Wildman–Crippen LogP) is 11.5. The lowest BCUT2D eigenvalue weighted by Gasteiger charge is -2.31. The molecule has 0 aliphatic heterocycles. The van der Waals surface area contributed by atoms with E-state index in [0.717, 1.165) is 56.1 Å². The fraction of sp³-hybridized carbons (Fsp3) is 0.0698. The van der Waals surface area contributed by atoms with Crippen LogP contribution in [-0.2, 0) is 0 Å². The Morgan fingerprint density at radius 3 is 1.22 bits per heavy atom. The molecule has 0 N–H and O–H groups in total. The fourth-order valence-corrected chi connectivity index (χ4v) is 6.37. The Labute approximate surface area is 271 Å². The number of aromatic nitrogens is 2. The second kappa shape index (κ2) is 12.7. The molecule has 0 saturated carbocycles. The standard InChI is InChI=1S/C43H35N3/c1-30-22-31(2)43(32(3)23-30)46(39-26-35(33-14-6-4-7-15-33)24-37(28-39)41-18-10-12-20-44-41)40-27-36(34-16-8-5-9-17-34)25-38(29-40)42-19-11-13-21-45-42/h4-29H,1-3H3. The third kappa shape index (κ3) is 5.96. The summed E-state index contributed by atoms with van der Waals surface area (Å²) in [5.41, 5.74) is 15.6. The van der Waals surface area contributed by atoms with Gasteiger partial charge in [0.15, 0.2) is 0 Å². The summed E-state index contributed by atoms with van der Waals surface area (Å²) in [6.45, 7) is 6.59. The van der Waals surface area contributed by atoms with Crippen LogP contribution in [0.4, 0.5) is 17.1 Å². The summed E-state index contributed by atoms with van der Waals surface area (Å²) in [5, 5.41) is 0. The molecule has 0 atom stereocenters. The first-order chi connectivity index (χ1) is 22.5. The Morgan fingerprint density at radius 2 is 0.804 bits per heavy atom. The van der Waals surface area contributed by atoms with Crippen LogP contribution in [0.1, 0.15) is 16.7 Å². The van der Waals surface area contributed by atoms with Crippen molar-refractivity contribution in [1.82, 2.24) is 9.97 Å². The molecule has 5 aromatic carbocycles. The monoisotopic (exact) mass is 593 g/mol. The highest BCUT2D eigenvalue weighted by molar-refractivity contribution is 5.89. The Hall–Kier alpha value is -5.80. The molecular weight excluding hydrogens is 558 g/mol. The van der Waals surface area contributed by atoms with Crippen molar-refractivity contribution in [2.24, 2.45) is 0 Å². The van der Waals surface area contributed by atoms with Gasteiger partial charge < -0.3 is 4.90 Å². The number of aryl methyl sites for hydroxylation is 3. The van der Waals surface area contributed by atoms with Crippen molar-refractivity contribution in [1.29, 1.82) is 0 Å². The Morgan fingerprint density at radius 1 is 0.391 bits per heavy atom. The van der Waals surface area contributed by atoms with Gasteiger partial charge in [0.05, 0.1) is 17.1 Å². The molecule has 7 rings (SSSR count). The molecule has 2 heterocycles. The molecule has 46 heavy (non-hydrogen) atoms. The molecule has 3 nitrogen and oxygen atoms in total. The van der Waals surface area contributed by atoms with Gasteiger partial charge in [-0.25, -0.2) is 0 Å². The molecule has 0 aliphatic carbocycles. The normalized spacial score (nSPS) is 10.9. The Bertz CT molecular complexity index is 1840. The van der Waals surface area contributed by atoms with E-state index in [9.17, 15) is 0 Å². The summed E-state index contributed by atoms with van der Waals surface area (Å²) in [6, 6.07) is 51.5. The predicted molar refractivity (Wildman–Crippen MR) is 193 cm³/mol. The van der Waals surface area contributed by atoms with Crippen molar-refractivity contribution in [2.75, 3.05) is 4.90 Å². The number of hydrogen-bond acceptors (Lipinski definition) is 3. The lowest BCUT2D eigenvalue weighted by molar-refractivity contribution is 1.20. The summed E-state index contributed by atoms with van der Waals surface area (Å²) in [4.78, 5) is 11.9. The molecule has 0 spiro atoms. The third-order valence-electron chi connectivity index (χ3n) is 8.35. The van der Waals surface area contributed by atoms with Crippen LogP contribution in [-0.4, -0.2) is 9.97 Å². The third-order valence-corrected chi connectivity index (χ3v) is 8.35. The van der Waals surface area contributed by atoms with Gasteiger partial charge in [-0.15, -0.1) is 0 Å². The molecule has 0 unspecified atom stereocenters. The maximum Gasteiger partial charge on any atom is 0.0702 e. The summed E-state index contributed by atoms with van der Waals surface area (Å²) >= 11 is 0. The molecular formula is C43H35N3. The molecule has 7 aromatic rings. The highest BCUT2D eigenvalue weighted by Crippen LogP contribution is 2.44. The van der Waals surface area contributed by atoms with Gasteiger partial charge in [0.1, 0.15) is 0 Å². The van der Waals surface area contributed by atoms with Gasteiger partial charge in [-0.3, -0.25) is 9.97 Å². The topological polar surface area (TPSA) is 29.0 Å². The van der Waals surface area contributed by atoms with Crippen LogP contribution in [0.3, 0.4) is 0 Å². The SMILES string of the molecule is Cc1cc(C)c(N(c2cc(-c3ccccc3)cc(-c3ccccn3)c2)c2cc(-c3ccccc3)cc(-c3ccccn3)c2)c(C)c1. The van der Waals surface area contributed by atoms with Crippen LogP contribution in [0.5, 0.6) is 0 Å². The number of rotatable bonds is 7. The van der Waals surface area contributed by atoms with Crippen LogP contribution in [0.2, 0.25) is 0 Å². The van der Waals surface area contributed by atoms with E-state index in [1.807, 2.05) is 36.7 Å². The zero-order chi connectivity index (χ0) is 31.5. The van der Waals surface area contributed by atoms with E-state index in [0.29, 0.717) is 0 Å². The van der Waals surface area contributed by atoms with Crippen LogP contribution < -0.4 is 4.90 Å². The summed E-state index contributed by atoms with van der Waals surface area (Å²) < 4.78 is 0. The van der Waals surface area contributed by atoms with Crippen molar-refractivity contribution in [3.8, 4) is 44.8 Å². The summed E-state index contributed by atoms with van der Waals surface area (Å²) in [5.74, 6) is 0. The minimum atomic E-state index is 0.936. The number of anilines is 3. The minimum absolute atomic E-state index is 0.936. The molecule has 0 saturated heterocycles. The van der Waals surface area contributed by atoms with Crippen LogP contribution in [0.15, 0.2) is 158 Å². The molecule has 0 radical (unpaired) electrons. The number of benzene rings is 5. The first-order valence-electron chi connectivity index (χ1n) is 15.7. The molecule has 0 bridgehead atoms. The molecule has 222 valence electrons. The quantitative estimate of drug-likeness (QED) is 0.184. The molecule has 0 aliphatic rings. The average Bonchev–Trinajstić information content (AvgIpc) is 3.11. The van der Waals surface area contributed by atoms with Gasteiger partial charge in [0.2, 0.25) is 0 Å². The number of pyridine rings is 2. The maximum absolute atomic E-state index is 4.76. The van der Waals surface area contributed by atoms with E-state index in [4.69, 9.17) is 9.97 Å². The molecule has 0 amide bonds. The van der Waals surface area contributed by atoms with Crippen LogP contribution in [0.25, 0.3) is 44.8 Å². The number of hydrogen-bond donors (Lipinski definition) is 0. The lowest BCUT2D eigenvalue weighted by Crippen LogP contribution is -2.14. The van der Waals surface area contributed by atoms with Crippen LogP contribution >= 0.6 is 0 Å². The van der Waals surface area contributed by atoms with E-state index in [1.165, 1.54) is 22.4 Å². The van der Waals surface area contributed by atoms with Crippen molar-refractivity contribution in [2.45, 2.75) is 20.8 Å². The van der Waals surface area contributed by atoms with Crippen molar-refractivity contribution in [3.63, 3.8) is 0 Å². The summed E-state index contributed by atoms with van der Waals surface area (Å²) in [7, 11) is 0. The van der Waals surface area contributed by atoms with E-state index < -0.39 is 0 Å². The highest BCUT2D eigenvalue weighted by atomic mass is 15.1. The Balaban J connectivity index is 1.54. The van der Waals surface area contributed by atoms with Gasteiger partial charge in [-0.2, -0.15) is 0 Å². The van der Waals surface area contributed by atoms with Gasteiger partial charge >= 0.3 is 0 Å². The molecule has 2 aromatic heterocycles. The lowest BCUT2D eigenvalue weighted by atomic mass is 9.96. The summed E-state index contributed by atoms with van der Waals surface area (Å²) in [6.07, 6.45) is 3.72. The van der Waals surface area contributed by atoms with Crippen LogP contribution in [0, 0.1) is 20.8 Å². The van der Waals surface area contributed by atoms with E-state index in [-0.39, 0.29) is 0 Å². The average molecular weight is 594 g/mol. The zero-order valence-corrected chi connectivity index (χ0v) is 26.4. The minimum Gasteiger partial charge on any atom is -0.310 e. The zero-order valence-electron chi connectivity index (χ0n) is 26.4. The van der Waals surface area contributed by atoms with Gasteiger partial charge in [0, 0.05) is 34.9 Å². The number of nitrogens with zero attached hydrogens (tertiary/aromatic N) is 3. The van der Waals surface area contributed by atoms with Crippen molar-refractivity contribution >= 4 is 17.1 Å². The second-order valence-corrected chi connectivity index (χ2v) is 11.8. The van der Waals surface area contributed by atoms with E-state index >= 15 is 0 Å². The van der Waals surface area contributed by atoms with E-state index in [2.05, 4.69) is 147 Å². The Kier molecular flexibility index (Phi) is 7.97. The smallest absolute Gasteiger partial charge is 0.0702 e. The first kappa shape index (κ1) is 28.9. The van der Waals surface area contributed by atoms with Crippen molar-refractivity contribution in [3.05, 3.63) is 175 Å². The van der Waals surface area contributed by atoms with Gasteiger partial charge in [-0.1, -0.05) is 90.5 Å².